The van der Waals surface area contributed by atoms with Crippen LogP contribution < -0.4 is 11.3 Å². The Kier molecular flexibility index (Phi) is 8.70. The summed E-state index contributed by atoms with van der Waals surface area (Å²) in [6.45, 7) is 4.62. The highest BCUT2D eigenvalue weighted by Gasteiger charge is 2.24. The Morgan fingerprint density at radius 1 is 1.11 bits per heavy atom. The van der Waals surface area contributed by atoms with Crippen LogP contribution in [-0.2, 0) is 0 Å². The van der Waals surface area contributed by atoms with Crippen molar-refractivity contribution in [2.24, 2.45) is 17.7 Å². The first-order chi connectivity index (χ1) is 8.81. The van der Waals surface area contributed by atoms with E-state index in [2.05, 4.69) is 19.3 Å². The normalized spacial score (nSPS) is 21.5. The standard InChI is InChI=1S/C16H34N2/c1-3-5-10-14(4-2)13-16(18-17)15-11-8-6-7-9-12-15/h14-16,18H,3-13,17H2,1-2H3. The quantitative estimate of drug-likeness (QED) is 0.383. The van der Waals surface area contributed by atoms with E-state index in [4.69, 9.17) is 5.84 Å². The topological polar surface area (TPSA) is 38.0 Å². The predicted molar refractivity (Wildman–Crippen MR) is 80.2 cm³/mol. The Morgan fingerprint density at radius 3 is 2.28 bits per heavy atom. The van der Waals surface area contributed by atoms with E-state index in [1.165, 1.54) is 70.6 Å². The lowest BCUT2D eigenvalue weighted by Gasteiger charge is -2.29. The van der Waals surface area contributed by atoms with Gasteiger partial charge in [0.25, 0.3) is 0 Å². The molecule has 0 amide bonds. The van der Waals surface area contributed by atoms with Crippen LogP contribution in [0.3, 0.4) is 0 Å². The largest absolute Gasteiger partial charge is 0.271 e. The molecule has 0 spiro atoms. The number of unbranched alkanes of at least 4 members (excludes halogenated alkanes) is 1. The minimum Gasteiger partial charge on any atom is -0.271 e. The third-order valence-corrected chi connectivity index (χ3v) is 4.81. The summed E-state index contributed by atoms with van der Waals surface area (Å²) < 4.78 is 0. The van der Waals surface area contributed by atoms with Crippen LogP contribution in [0.4, 0.5) is 0 Å². The Balaban J connectivity index is 2.42. The molecule has 1 aliphatic rings. The molecular weight excluding hydrogens is 220 g/mol. The second kappa shape index (κ2) is 9.80. The monoisotopic (exact) mass is 254 g/mol. The zero-order valence-corrected chi connectivity index (χ0v) is 12.6. The van der Waals surface area contributed by atoms with Gasteiger partial charge in [-0.25, -0.2) is 0 Å². The minimum absolute atomic E-state index is 0.560. The molecule has 0 aliphatic heterocycles. The SMILES string of the molecule is CCCCC(CC)CC(NN)C1CCCCCC1. The molecule has 0 aromatic carbocycles. The molecule has 0 saturated heterocycles. The smallest absolute Gasteiger partial charge is 0.0241 e. The molecule has 0 heterocycles. The lowest BCUT2D eigenvalue weighted by Crippen LogP contribution is -2.42. The lowest BCUT2D eigenvalue weighted by atomic mass is 9.83. The predicted octanol–water partition coefficient (Wildman–Crippen LogP) is 4.40. The van der Waals surface area contributed by atoms with Crippen molar-refractivity contribution in [3.05, 3.63) is 0 Å². The fraction of sp³-hybridized carbons (Fsp3) is 1.00. The molecule has 1 aliphatic carbocycles. The average molecular weight is 254 g/mol. The van der Waals surface area contributed by atoms with Gasteiger partial charge in [0.15, 0.2) is 0 Å². The zero-order valence-electron chi connectivity index (χ0n) is 12.6. The lowest BCUT2D eigenvalue weighted by molar-refractivity contribution is 0.257. The van der Waals surface area contributed by atoms with Crippen LogP contribution in [-0.4, -0.2) is 6.04 Å². The summed E-state index contributed by atoms with van der Waals surface area (Å²) in [4.78, 5) is 0. The second-order valence-corrected chi connectivity index (χ2v) is 6.18. The maximum absolute atomic E-state index is 5.84. The van der Waals surface area contributed by atoms with Crippen molar-refractivity contribution >= 4 is 0 Å². The second-order valence-electron chi connectivity index (χ2n) is 6.18. The van der Waals surface area contributed by atoms with Crippen molar-refractivity contribution in [2.75, 3.05) is 0 Å². The molecule has 1 fully saturated rings. The van der Waals surface area contributed by atoms with Gasteiger partial charge in [0.05, 0.1) is 0 Å². The van der Waals surface area contributed by atoms with Crippen LogP contribution in [0, 0.1) is 11.8 Å². The van der Waals surface area contributed by atoms with E-state index >= 15 is 0 Å². The molecule has 2 unspecified atom stereocenters. The Bertz CT molecular complexity index is 186. The van der Waals surface area contributed by atoms with Gasteiger partial charge in [0.2, 0.25) is 0 Å². The molecule has 1 rings (SSSR count). The minimum atomic E-state index is 0.560. The summed E-state index contributed by atoms with van der Waals surface area (Å²) >= 11 is 0. The number of nitrogens with two attached hydrogens (primary N) is 1. The molecule has 18 heavy (non-hydrogen) atoms. The maximum Gasteiger partial charge on any atom is 0.0241 e. The van der Waals surface area contributed by atoms with Gasteiger partial charge < -0.3 is 0 Å². The highest BCUT2D eigenvalue weighted by molar-refractivity contribution is 4.79. The average Bonchev–Trinajstić information content (AvgIpc) is 2.68. The fourth-order valence-corrected chi connectivity index (χ4v) is 3.45. The van der Waals surface area contributed by atoms with E-state index in [0.717, 1.165) is 11.8 Å². The third-order valence-electron chi connectivity index (χ3n) is 4.81. The Morgan fingerprint density at radius 2 is 1.78 bits per heavy atom. The van der Waals surface area contributed by atoms with E-state index < -0.39 is 0 Å². The molecule has 0 bridgehead atoms. The summed E-state index contributed by atoms with van der Waals surface area (Å²) in [5, 5.41) is 0. The first-order valence-electron chi connectivity index (χ1n) is 8.27. The van der Waals surface area contributed by atoms with Gasteiger partial charge in [-0.15, -0.1) is 0 Å². The molecule has 3 N–H and O–H groups in total. The molecule has 0 aromatic heterocycles. The molecule has 0 aromatic rings. The zero-order chi connectivity index (χ0) is 13.2. The van der Waals surface area contributed by atoms with E-state index in [1.54, 1.807) is 0 Å². The molecule has 108 valence electrons. The third kappa shape index (κ3) is 5.71. The highest BCUT2D eigenvalue weighted by Crippen LogP contribution is 2.29. The molecule has 1 saturated carbocycles. The number of nitrogens with one attached hydrogen (secondary N) is 1. The fourth-order valence-electron chi connectivity index (χ4n) is 3.45. The molecule has 2 atom stereocenters. The van der Waals surface area contributed by atoms with Crippen molar-refractivity contribution in [2.45, 2.75) is 90.5 Å². The first kappa shape index (κ1) is 16.0. The van der Waals surface area contributed by atoms with Crippen LogP contribution in [0.1, 0.15) is 84.5 Å². The van der Waals surface area contributed by atoms with Gasteiger partial charge in [-0.3, -0.25) is 11.3 Å². The van der Waals surface area contributed by atoms with Crippen LogP contribution in [0.25, 0.3) is 0 Å². The maximum atomic E-state index is 5.84. The van der Waals surface area contributed by atoms with Crippen molar-refractivity contribution < 1.29 is 0 Å². The van der Waals surface area contributed by atoms with Crippen molar-refractivity contribution in [1.82, 2.24) is 5.43 Å². The van der Waals surface area contributed by atoms with E-state index in [9.17, 15) is 0 Å². The van der Waals surface area contributed by atoms with Gasteiger partial charge in [-0.1, -0.05) is 65.2 Å². The number of hydrazine groups is 1. The van der Waals surface area contributed by atoms with E-state index in [-0.39, 0.29) is 0 Å². The van der Waals surface area contributed by atoms with Crippen LogP contribution in [0.15, 0.2) is 0 Å². The van der Waals surface area contributed by atoms with Gasteiger partial charge in [-0.05, 0) is 31.1 Å². The van der Waals surface area contributed by atoms with Crippen LogP contribution >= 0.6 is 0 Å². The van der Waals surface area contributed by atoms with Crippen LogP contribution in [0.2, 0.25) is 0 Å². The number of hydrogen-bond acceptors (Lipinski definition) is 2. The summed E-state index contributed by atoms with van der Waals surface area (Å²) in [5.41, 5.74) is 3.14. The molecule has 0 radical (unpaired) electrons. The molecule has 2 nitrogen and oxygen atoms in total. The van der Waals surface area contributed by atoms with E-state index in [1.807, 2.05) is 0 Å². The summed E-state index contributed by atoms with van der Waals surface area (Å²) in [5.74, 6) is 7.53. The summed E-state index contributed by atoms with van der Waals surface area (Å²) in [6, 6.07) is 0.560. The molecular formula is C16H34N2. The van der Waals surface area contributed by atoms with Crippen LogP contribution in [0.5, 0.6) is 0 Å². The summed E-state index contributed by atoms with van der Waals surface area (Å²) in [6.07, 6.45) is 15.1. The number of rotatable bonds is 8. The van der Waals surface area contributed by atoms with Crippen molar-refractivity contribution in [1.29, 1.82) is 0 Å². The van der Waals surface area contributed by atoms with Gasteiger partial charge in [0.1, 0.15) is 0 Å². The first-order valence-corrected chi connectivity index (χ1v) is 8.27. The van der Waals surface area contributed by atoms with Gasteiger partial charge >= 0.3 is 0 Å². The Hall–Kier alpha value is -0.0800. The highest BCUT2D eigenvalue weighted by atomic mass is 15.2. The number of hydrogen-bond donors (Lipinski definition) is 2. The van der Waals surface area contributed by atoms with Crippen molar-refractivity contribution in [3.8, 4) is 0 Å². The summed E-state index contributed by atoms with van der Waals surface area (Å²) in [7, 11) is 0. The Labute approximate surface area is 114 Å². The van der Waals surface area contributed by atoms with Gasteiger partial charge in [-0.2, -0.15) is 0 Å². The molecule has 2 heteroatoms. The van der Waals surface area contributed by atoms with Gasteiger partial charge in [0, 0.05) is 6.04 Å². The van der Waals surface area contributed by atoms with Crippen molar-refractivity contribution in [3.63, 3.8) is 0 Å². The van der Waals surface area contributed by atoms with E-state index in [0.29, 0.717) is 6.04 Å².